The second-order valence-corrected chi connectivity index (χ2v) is 4.72. The summed E-state index contributed by atoms with van der Waals surface area (Å²) in [6.45, 7) is 1.10. The first-order chi connectivity index (χ1) is 7.59. The summed E-state index contributed by atoms with van der Waals surface area (Å²) in [6, 6.07) is 5.15. The van der Waals surface area contributed by atoms with Crippen LogP contribution in [-0.2, 0) is 4.79 Å². The zero-order chi connectivity index (χ0) is 11.7. The molecule has 2 atom stereocenters. The van der Waals surface area contributed by atoms with Crippen LogP contribution in [0.5, 0.6) is 0 Å². The highest BCUT2D eigenvalue weighted by Gasteiger charge is 2.34. The van der Waals surface area contributed by atoms with Gasteiger partial charge in [-0.2, -0.15) is 0 Å². The quantitative estimate of drug-likeness (QED) is 0.858. The van der Waals surface area contributed by atoms with Crippen LogP contribution in [0.1, 0.15) is 11.5 Å². The second kappa shape index (κ2) is 4.62. The number of carbonyl (C=O) groups is 1. The van der Waals surface area contributed by atoms with Crippen molar-refractivity contribution in [1.29, 1.82) is 0 Å². The van der Waals surface area contributed by atoms with Crippen molar-refractivity contribution < 1.29 is 9.90 Å². The fourth-order valence-corrected chi connectivity index (χ4v) is 2.50. The molecule has 0 aromatic heterocycles. The minimum Gasteiger partial charge on any atom is -0.481 e. The van der Waals surface area contributed by atoms with Gasteiger partial charge in [-0.15, -0.1) is 0 Å². The Morgan fingerprint density at radius 2 is 2.12 bits per heavy atom. The molecule has 0 bridgehead atoms. The third kappa shape index (κ3) is 2.17. The van der Waals surface area contributed by atoms with Crippen LogP contribution in [0.3, 0.4) is 0 Å². The second-order valence-electron chi connectivity index (χ2n) is 3.88. The topological polar surface area (TPSA) is 49.3 Å². The Bertz CT molecular complexity index is 422. The van der Waals surface area contributed by atoms with Gasteiger partial charge in [-0.25, -0.2) is 0 Å². The van der Waals surface area contributed by atoms with Gasteiger partial charge in [0.2, 0.25) is 0 Å². The van der Waals surface area contributed by atoms with Crippen LogP contribution in [-0.4, -0.2) is 24.2 Å². The van der Waals surface area contributed by atoms with Gasteiger partial charge >= 0.3 is 5.97 Å². The Hall–Kier alpha value is -0.770. The molecule has 2 N–H and O–H groups in total. The molecule has 1 aromatic rings. The van der Waals surface area contributed by atoms with E-state index in [0.29, 0.717) is 23.1 Å². The van der Waals surface area contributed by atoms with Crippen LogP contribution in [0.15, 0.2) is 18.2 Å². The number of rotatable bonds is 2. The van der Waals surface area contributed by atoms with Gasteiger partial charge in [-0.1, -0.05) is 23.2 Å². The molecule has 0 radical (unpaired) electrons. The Kier molecular flexibility index (Phi) is 3.38. The fourth-order valence-electron chi connectivity index (χ4n) is 2.06. The Morgan fingerprint density at radius 3 is 2.81 bits per heavy atom. The predicted octanol–water partition coefficient (Wildman–Crippen LogP) is 2.38. The molecule has 0 amide bonds. The highest BCUT2D eigenvalue weighted by Crippen LogP contribution is 2.34. The monoisotopic (exact) mass is 259 g/mol. The highest BCUT2D eigenvalue weighted by atomic mass is 35.5. The molecule has 0 unspecified atom stereocenters. The van der Waals surface area contributed by atoms with Gasteiger partial charge in [-0.3, -0.25) is 4.79 Å². The van der Waals surface area contributed by atoms with Crippen molar-refractivity contribution >= 4 is 29.2 Å². The number of hydrogen-bond donors (Lipinski definition) is 2. The van der Waals surface area contributed by atoms with Gasteiger partial charge in [0.05, 0.1) is 5.92 Å². The first kappa shape index (κ1) is 11.7. The van der Waals surface area contributed by atoms with E-state index in [2.05, 4.69) is 5.32 Å². The molecule has 1 aliphatic heterocycles. The number of halogens is 2. The van der Waals surface area contributed by atoms with Crippen molar-refractivity contribution in [2.75, 3.05) is 13.1 Å². The third-order valence-corrected chi connectivity index (χ3v) is 3.47. The third-order valence-electron chi connectivity index (χ3n) is 2.89. The number of carboxylic acid groups (broad SMARTS) is 1. The van der Waals surface area contributed by atoms with Crippen molar-refractivity contribution in [1.82, 2.24) is 5.32 Å². The Labute approximate surface area is 103 Å². The van der Waals surface area contributed by atoms with E-state index in [1.807, 2.05) is 0 Å². The summed E-state index contributed by atoms with van der Waals surface area (Å²) in [4.78, 5) is 11.1. The molecule has 1 fully saturated rings. The number of hydrogen-bond acceptors (Lipinski definition) is 2. The van der Waals surface area contributed by atoms with Gasteiger partial charge in [0.15, 0.2) is 0 Å². The van der Waals surface area contributed by atoms with Crippen LogP contribution in [0, 0.1) is 5.92 Å². The van der Waals surface area contributed by atoms with E-state index in [1.165, 1.54) is 0 Å². The minimum atomic E-state index is -0.800. The molecule has 86 valence electrons. The van der Waals surface area contributed by atoms with Crippen LogP contribution >= 0.6 is 23.2 Å². The lowest BCUT2D eigenvalue weighted by molar-refractivity contribution is -0.141. The fraction of sp³-hybridized carbons (Fsp3) is 0.364. The van der Waals surface area contributed by atoms with Gasteiger partial charge in [0.1, 0.15) is 0 Å². The molecule has 1 aliphatic rings. The van der Waals surface area contributed by atoms with E-state index < -0.39 is 11.9 Å². The summed E-state index contributed by atoms with van der Waals surface area (Å²) in [7, 11) is 0. The molecule has 3 nitrogen and oxygen atoms in total. The maximum Gasteiger partial charge on any atom is 0.308 e. The molecule has 0 saturated carbocycles. The summed E-state index contributed by atoms with van der Waals surface area (Å²) < 4.78 is 0. The summed E-state index contributed by atoms with van der Waals surface area (Å²) >= 11 is 12.0. The van der Waals surface area contributed by atoms with Gasteiger partial charge < -0.3 is 10.4 Å². The van der Waals surface area contributed by atoms with Gasteiger partial charge in [-0.05, 0) is 23.8 Å². The smallest absolute Gasteiger partial charge is 0.308 e. The molecule has 5 heteroatoms. The van der Waals surface area contributed by atoms with Crippen LogP contribution < -0.4 is 5.32 Å². The zero-order valence-electron chi connectivity index (χ0n) is 8.41. The van der Waals surface area contributed by atoms with E-state index in [-0.39, 0.29) is 5.92 Å². The molecule has 1 saturated heterocycles. The average molecular weight is 260 g/mol. The van der Waals surface area contributed by atoms with E-state index in [1.54, 1.807) is 18.2 Å². The number of nitrogens with one attached hydrogen (secondary N) is 1. The van der Waals surface area contributed by atoms with Gasteiger partial charge in [0, 0.05) is 29.1 Å². The minimum absolute atomic E-state index is 0.108. The molecular weight excluding hydrogens is 249 g/mol. The normalized spacial score (nSPS) is 24.6. The van der Waals surface area contributed by atoms with Gasteiger partial charge in [0.25, 0.3) is 0 Å². The van der Waals surface area contributed by atoms with E-state index in [0.717, 1.165) is 5.56 Å². The molecule has 1 heterocycles. The van der Waals surface area contributed by atoms with Crippen molar-refractivity contribution in [3.05, 3.63) is 33.8 Å². The van der Waals surface area contributed by atoms with Crippen molar-refractivity contribution in [3.63, 3.8) is 0 Å². The molecule has 1 aromatic carbocycles. The average Bonchev–Trinajstić information content (AvgIpc) is 2.70. The lowest BCUT2D eigenvalue weighted by Gasteiger charge is -2.16. The molecule has 16 heavy (non-hydrogen) atoms. The number of carboxylic acids is 1. The lowest BCUT2D eigenvalue weighted by Crippen LogP contribution is -2.21. The maximum absolute atomic E-state index is 11.1. The Balaban J connectivity index is 2.35. The molecule has 0 spiro atoms. The van der Waals surface area contributed by atoms with E-state index in [4.69, 9.17) is 28.3 Å². The summed E-state index contributed by atoms with van der Waals surface area (Å²) in [5.41, 5.74) is 0.812. The lowest BCUT2D eigenvalue weighted by atomic mass is 9.89. The standard InChI is InChI=1S/C11H11Cl2NO2/c12-6-1-2-10(13)7(3-6)8-4-14-5-9(8)11(15)16/h1-3,8-9,14H,4-5H2,(H,15,16)/t8-,9+/m1/s1. The SMILES string of the molecule is O=C(O)[C@H]1CNC[C@@H]1c1cc(Cl)ccc1Cl. The highest BCUT2D eigenvalue weighted by molar-refractivity contribution is 6.33. The first-order valence-corrected chi connectivity index (χ1v) is 5.73. The van der Waals surface area contributed by atoms with Crippen molar-refractivity contribution in [2.45, 2.75) is 5.92 Å². The summed E-state index contributed by atoms with van der Waals surface area (Å²) in [6.07, 6.45) is 0. The zero-order valence-corrected chi connectivity index (χ0v) is 9.92. The van der Waals surface area contributed by atoms with E-state index in [9.17, 15) is 4.79 Å². The van der Waals surface area contributed by atoms with Crippen molar-refractivity contribution in [3.8, 4) is 0 Å². The largest absolute Gasteiger partial charge is 0.481 e. The maximum atomic E-state index is 11.1. The van der Waals surface area contributed by atoms with Crippen LogP contribution in [0.2, 0.25) is 10.0 Å². The van der Waals surface area contributed by atoms with Crippen LogP contribution in [0.25, 0.3) is 0 Å². The molecular formula is C11H11Cl2NO2. The van der Waals surface area contributed by atoms with Crippen LogP contribution in [0.4, 0.5) is 0 Å². The molecule has 0 aliphatic carbocycles. The predicted molar refractivity (Wildman–Crippen MR) is 63.2 cm³/mol. The summed E-state index contributed by atoms with van der Waals surface area (Å²) in [5, 5.41) is 13.3. The molecule has 2 rings (SSSR count). The van der Waals surface area contributed by atoms with Crippen molar-refractivity contribution in [2.24, 2.45) is 5.92 Å². The van der Waals surface area contributed by atoms with E-state index >= 15 is 0 Å². The number of aliphatic carboxylic acids is 1. The number of benzene rings is 1. The first-order valence-electron chi connectivity index (χ1n) is 4.98. The summed E-state index contributed by atoms with van der Waals surface area (Å²) in [5.74, 6) is -1.34. The Morgan fingerprint density at radius 1 is 1.38 bits per heavy atom.